The molecule has 10 heteroatoms. The molecule has 2 amide bonds. The molecular formula is C29H33ClFN3O4S. The minimum atomic E-state index is -3.97. The Morgan fingerprint density at radius 2 is 1.62 bits per heavy atom. The van der Waals surface area contributed by atoms with E-state index >= 15 is 0 Å². The molecule has 208 valence electrons. The summed E-state index contributed by atoms with van der Waals surface area (Å²) < 4.78 is 40.2. The van der Waals surface area contributed by atoms with E-state index < -0.39 is 34.3 Å². The van der Waals surface area contributed by atoms with Crippen molar-refractivity contribution in [1.29, 1.82) is 0 Å². The zero-order valence-corrected chi connectivity index (χ0v) is 24.0. The summed E-state index contributed by atoms with van der Waals surface area (Å²) in [6, 6.07) is 19.2. The van der Waals surface area contributed by atoms with Gasteiger partial charge in [-0.25, -0.2) is 12.8 Å². The van der Waals surface area contributed by atoms with E-state index in [1.807, 2.05) is 75.4 Å². The van der Waals surface area contributed by atoms with E-state index in [1.165, 1.54) is 11.0 Å². The van der Waals surface area contributed by atoms with Gasteiger partial charge in [-0.3, -0.25) is 13.9 Å². The van der Waals surface area contributed by atoms with E-state index in [9.17, 15) is 22.4 Å². The average Bonchev–Trinajstić information content (AvgIpc) is 2.87. The van der Waals surface area contributed by atoms with Crippen LogP contribution in [0.4, 0.5) is 10.1 Å². The molecule has 1 atom stereocenters. The summed E-state index contributed by atoms with van der Waals surface area (Å²) in [5, 5.41) is 2.62. The van der Waals surface area contributed by atoms with Gasteiger partial charge in [-0.05, 0) is 50.1 Å². The Bertz CT molecular complexity index is 1400. The first kappa shape index (κ1) is 30.1. The SMILES string of the molecule is Cc1ccc(CN(C(=O)CN(c2ccc(F)c(Cl)c2)S(C)(=O)=O)[C@H](Cc2ccccc2)C(=O)NC(C)C)cc1. The summed E-state index contributed by atoms with van der Waals surface area (Å²) in [5.41, 5.74) is 2.69. The number of anilines is 1. The van der Waals surface area contributed by atoms with Crippen LogP contribution in [0.3, 0.4) is 0 Å². The summed E-state index contributed by atoms with van der Waals surface area (Å²) in [4.78, 5) is 28.8. The number of halogens is 2. The fourth-order valence-corrected chi connectivity index (χ4v) is 5.09. The van der Waals surface area contributed by atoms with Crippen LogP contribution in [0.2, 0.25) is 5.02 Å². The molecule has 0 saturated heterocycles. The maximum absolute atomic E-state index is 14.0. The maximum Gasteiger partial charge on any atom is 0.244 e. The van der Waals surface area contributed by atoms with Crippen LogP contribution >= 0.6 is 11.6 Å². The molecule has 1 N–H and O–H groups in total. The van der Waals surface area contributed by atoms with Gasteiger partial charge in [0.2, 0.25) is 21.8 Å². The largest absolute Gasteiger partial charge is 0.352 e. The highest BCUT2D eigenvalue weighted by molar-refractivity contribution is 7.92. The van der Waals surface area contributed by atoms with E-state index in [0.717, 1.165) is 39.4 Å². The molecule has 0 bridgehead atoms. The fourth-order valence-electron chi connectivity index (χ4n) is 4.08. The van der Waals surface area contributed by atoms with Crippen molar-refractivity contribution in [1.82, 2.24) is 10.2 Å². The number of sulfonamides is 1. The van der Waals surface area contributed by atoms with Gasteiger partial charge in [-0.15, -0.1) is 0 Å². The molecule has 3 aromatic rings. The molecule has 3 rings (SSSR count). The molecule has 0 unspecified atom stereocenters. The number of rotatable bonds is 11. The Balaban J connectivity index is 2.06. The fraction of sp³-hybridized carbons (Fsp3) is 0.310. The van der Waals surface area contributed by atoms with E-state index in [4.69, 9.17) is 11.6 Å². The molecule has 7 nitrogen and oxygen atoms in total. The zero-order valence-electron chi connectivity index (χ0n) is 22.4. The molecule has 0 spiro atoms. The second-order valence-electron chi connectivity index (χ2n) is 9.74. The van der Waals surface area contributed by atoms with Crippen molar-refractivity contribution in [3.63, 3.8) is 0 Å². The molecule has 0 aromatic heterocycles. The highest BCUT2D eigenvalue weighted by atomic mass is 35.5. The first-order valence-corrected chi connectivity index (χ1v) is 14.7. The van der Waals surface area contributed by atoms with Crippen molar-refractivity contribution < 1.29 is 22.4 Å². The van der Waals surface area contributed by atoms with E-state index in [2.05, 4.69) is 5.32 Å². The molecule has 0 fully saturated rings. The lowest BCUT2D eigenvalue weighted by Gasteiger charge is -2.34. The monoisotopic (exact) mass is 573 g/mol. The van der Waals surface area contributed by atoms with Crippen molar-refractivity contribution in [2.75, 3.05) is 17.1 Å². The van der Waals surface area contributed by atoms with Crippen molar-refractivity contribution in [3.8, 4) is 0 Å². The normalized spacial score (nSPS) is 12.2. The Hall–Kier alpha value is -3.43. The summed E-state index contributed by atoms with van der Waals surface area (Å²) in [6.07, 6.45) is 1.17. The lowest BCUT2D eigenvalue weighted by Crippen LogP contribution is -2.54. The first-order chi connectivity index (χ1) is 18.3. The number of hydrogen-bond donors (Lipinski definition) is 1. The molecule has 0 aliphatic rings. The standard InChI is InChI=1S/C29H33ClFN3O4S/c1-20(2)32-29(36)27(16-22-8-6-5-7-9-22)33(18-23-12-10-21(3)11-13-23)28(35)19-34(39(4,37)38)24-14-15-26(31)25(30)17-24/h5-15,17,20,27H,16,18-19H2,1-4H3,(H,32,36)/t27-/m1/s1. The smallest absolute Gasteiger partial charge is 0.244 e. The lowest BCUT2D eigenvalue weighted by atomic mass is 10.0. The number of aryl methyl sites for hydroxylation is 1. The Morgan fingerprint density at radius 1 is 0.974 bits per heavy atom. The number of hydrogen-bond acceptors (Lipinski definition) is 4. The number of carbonyl (C=O) groups excluding carboxylic acids is 2. The molecule has 3 aromatic carbocycles. The van der Waals surface area contributed by atoms with Crippen LogP contribution < -0.4 is 9.62 Å². The van der Waals surface area contributed by atoms with Gasteiger partial charge in [0.25, 0.3) is 0 Å². The number of nitrogens with zero attached hydrogens (tertiary/aromatic N) is 2. The van der Waals surface area contributed by atoms with Gasteiger partial charge in [0.15, 0.2) is 0 Å². The number of amides is 2. The highest BCUT2D eigenvalue weighted by Gasteiger charge is 2.33. The molecular weight excluding hydrogens is 541 g/mol. The molecule has 0 aliphatic carbocycles. The van der Waals surface area contributed by atoms with E-state index in [0.29, 0.717) is 0 Å². The van der Waals surface area contributed by atoms with Gasteiger partial charge in [0.05, 0.1) is 17.0 Å². The Labute approximate surface area is 234 Å². The maximum atomic E-state index is 14.0. The van der Waals surface area contributed by atoms with Crippen molar-refractivity contribution in [2.24, 2.45) is 0 Å². The molecule has 0 radical (unpaired) electrons. The van der Waals surface area contributed by atoms with Gasteiger partial charge in [-0.1, -0.05) is 71.8 Å². The second kappa shape index (κ2) is 13.1. The number of benzene rings is 3. The molecule has 0 saturated carbocycles. The van der Waals surface area contributed by atoms with Crippen LogP contribution in [0.5, 0.6) is 0 Å². The minimum Gasteiger partial charge on any atom is -0.352 e. The van der Waals surface area contributed by atoms with Crippen LogP contribution in [0, 0.1) is 12.7 Å². The molecule has 0 aliphatic heterocycles. The van der Waals surface area contributed by atoms with Crippen LogP contribution in [0.1, 0.15) is 30.5 Å². The summed E-state index contributed by atoms with van der Waals surface area (Å²) in [6.45, 7) is 5.07. The summed E-state index contributed by atoms with van der Waals surface area (Å²) in [7, 11) is -3.97. The van der Waals surface area contributed by atoms with Crippen molar-refractivity contribution in [2.45, 2.75) is 45.8 Å². The van der Waals surface area contributed by atoms with Crippen molar-refractivity contribution in [3.05, 3.63) is 100 Å². The average molecular weight is 574 g/mol. The van der Waals surface area contributed by atoms with Crippen LogP contribution in [-0.2, 0) is 32.6 Å². The predicted molar refractivity (Wildman–Crippen MR) is 153 cm³/mol. The third-order valence-corrected chi connectivity index (χ3v) is 7.48. The highest BCUT2D eigenvalue weighted by Crippen LogP contribution is 2.25. The zero-order chi connectivity index (χ0) is 28.7. The number of carbonyl (C=O) groups is 2. The molecule has 39 heavy (non-hydrogen) atoms. The Morgan fingerprint density at radius 3 is 2.18 bits per heavy atom. The van der Waals surface area contributed by atoms with Gasteiger partial charge < -0.3 is 10.2 Å². The van der Waals surface area contributed by atoms with Crippen LogP contribution in [0.15, 0.2) is 72.8 Å². The third kappa shape index (κ3) is 8.53. The van der Waals surface area contributed by atoms with Crippen molar-refractivity contribution >= 4 is 39.1 Å². The van der Waals surface area contributed by atoms with Crippen LogP contribution in [0.25, 0.3) is 0 Å². The number of nitrogens with one attached hydrogen (secondary N) is 1. The second-order valence-corrected chi connectivity index (χ2v) is 12.1. The topological polar surface area (TPSA) is 86.8 Å². The van der Waals surface area contributed by atoms with Gasteiger partial charge in [0.1, 0.15) is 18.4 Å². The predicted octanol–water partition coefficient (Wildman–Crippen LogP) is 4.72. The summed E-state index contributed by atoms with van der Waals surface area (Å²) >= 11 is 5.91. The first-order valence-electron chi connectivity index (χ1n) is 12.5. The van der Waals surface area contributed by atoms with Gasteiger partial charge in [-0.2, -0.15) is 0 Å². The van der Waals surface area contributed by atoms with Gasteiger partial charge >= 0.3 is 0 Å². The third-order valence-electron chi connectivity index (χ3n) is 6.05. The molecule has 0 heterocycles. The van der Waals surface area contributed by atoms with Crippen LogP contribution in [-0.4, -0.2) is 50.0 Å². The minimum absolute atomic E-state index is 0.0405. The quantitative estimate of drug-likeness (QED) is 0.360. The van der Waals surface area contributed by atoms with E-state index in [1.54, 1.807) is 0 Å². The van der Waals surface area contributed by atoms with E-state index in [-0.39, 0.29) is 35.6 Å². The summed E-state index contributed by atoms with van der Waals surface area (Å²) in [5.74, 6) is -1.67. The lowest BCUT2D eigenvalue weighted by molar-refractivity contribution is -0.140. The Kier molecular flexibility index (Phi) is 10.1. The van der Waals surface area contributed by atoms with Gasteiger partial charge in [0, 0.05) is 19.0 Å².